The maximum absolute atomic E-state index is 11.1. The lowest BCUT2D eigenvalue weighted by Crippen LogP contribution is -2.41. The number of likely N-dealkylation sites (tertiary alicyclic amines) is 1. The summed E-state index contributed by atoms with van der Waals surface area (Å²) in [6.45, 7) is 5.22. The van der Waals surface area contributed by atoms with E-state index in [2.05, 4.69) is 68.2 Å². The van der Waals surface area contributed by atoms with E-state index in [1.165, 1.54) is 18.4 Å². The van der Waals surface area contributed by atoms with Gasteiger partial charge in [0.1, 0.15) is 0 Å². The molecule has 2 aromatic carbocycles. The number of aromatic nitrogens is 2. The van der Waals surface area contributed by atoms with Gasteiger partial charge in [-0.05, 0) is 48.7 Å². The second kappa shape index (κ2) is 8.44. The number of hydrogen-bond donors (Lipinski definition) is 3. The van der Waals surface area contributed by atoms with E-state index in [4.69, 9.17) is 0 Å². The van der Waals surface area contributed by atoms with Crippen molar-refractivity contribution in [2.45, 2.75) is 38.9 Å². The summed E-state index contributed by atoms with van der Waals surface area (Å²) in [6.07, 6.45) is 4.24. The van der Waals surface area contributed by atoms with Crippen LogP contribution in [0.1, 0.15) is 30.9 Å². The van der Waals surface area contributed by atoms with Gasteiger partial charge in [0.15, 0.2) is 0 Å². The summed E-state index contributed by atoms with van der Waals surface area (Å²) >= 11 is 0. The Morgan fingerprint density at radius 1 is 1.25 bits per heavy atom. The first kappa shape index (κ1) is 18.5. The Hall–Kier alpha value is -2.86. The first-order valence-electron chi connectivity index (χ1n) is 9.90. The highest BCUT2D eigenvalue weighted by atomic mass is 16.1. The molecule has 0 bridgehead atoms. The van der Waals surface area contributed by atoms with Crippen molar-refractivity contribution in [3.8, 4) is 0 Å². The molecular formula is C22H27N5O. The van der Waals surface area contributed by atoms with E-state index >= 15 is 0 Å². The number of hydrogen-bond acceptors (Lipinski definition) is 4. The monoisotopic (exact) mass is 377 g/mol. The topological polar surface area (TPSA) is 73.1 Å². The van der Waals surface area contributed by atoms with Crippen LogP contribution in [0.5, 0.6) is 0 Å². The van der Waals surface area contributed by atoms with E-state index in [0.29, 0.717) is 12.6 Å². The standard InChI is InChI=1S/C22H27N5O/c1-16(28)23-12-17-4-2-5-18(10-17)14-27-9-3-6-21(15-27)25-20-7-8-22-19(11-20)13-24-26-22/h2,4-5,7-8,10-11,13,21,25H,3,6,9,12,14-15H2,1H3,(H,23,28)(H,24,26)/t21-/m0/s1. The average Bonchev–Trinajstić information content (AvgIpc) is 3.15. The number of benzene rings is 2. The molecule has 0 spiro atoms. The van der Waals surface area contributed by atoms with E-state index < -0.39 is 0 Å². The zero-order valence-electron chi connectivity index (χ0n) is 16.2. The number of rotatable bonds is 6. The number of piperidine rings is 1. The molecule has 1 amide bonds. The van der Waals surface area contributed by atoms with Crippen LogP contribution in [0.4, 0.5) is 5.69 Å². The Labute approximate surface area is 165 Å². The predicted octanol–water partition coefficient (Wildman–Crippen LogP) is 3.28. The predicted molar refractivity (Wildman–Crippen MR) is 112 cm³/mol. The van der Waals surface area contributed by atoms with Crippen LogP contribution in [0.3, 0.4) is 0 Å². The number of fused-ring (bicyclic) bond motifs is 1. The van der Waals surface area contributed by atoms with Crippen LogP contribution in [-0.4, -0.2) is 40.1 Å². The van der Waals surface area contributed by atoms with Crippen LogP contribution in [-0.2, 0) is 17.9 Å². The van der Waals surface area contributed by atoms with Crippen molar-refractivity contribution in [3.05, 3.63) is 59.8 Å². The Balaban J connectivity index is 1.35. The molecule has 3 aromatic rings. The van der Waals surface area contributed by atoms with Crippen LogP contribution >= 0.6 is 0 Å². The van der Waals surface area contributed by atoms with Crippen molar-refractivity contribution >= 4 is 22.5 Å². The summed E-state index contributed by atoms with van der Waals surface area (Å²) in [4.78, 5) is 13.6. The zero-order chi connectivity index (χ0) is 19.3. The molecule has 1 aliphatic heterocycles. The Bertz CT molecular complexity index is 951. The first-order chi connectivity index (χ1) is 13.7. The molecule has 1 atom stereocenters. The van der Waals surface area contributed by atoms with Crippen LogP contribution in [0, 0.1) is 0 Å². The fourth-order valence-corrected chi connectivity index (χ4v) is 3.91. The maximum Gasteiger partial charge on any atom is 0.217 e. The molecular weight excluding hydrogens is 350 g/mol. The van der Waals surface area contributed by atoms with Crippen molar-refractivity contribution in [1.29, 1.82) is 0 Å². The van der Waals surface area contributed by atoms with Gasteiger partial charge < -0.3 is 10.6 Å². The number of aromatic amines is 1. The summed E-state index contributed by atoms with van der Waals surface area (Å²) in [5, 5.41) is 14.8. The zero-order valence-corrected chi connectivity index (χ0v) is 16.2. The Morgan fingerprint density at radius 2 is 2.14 bits per heavy atom. The summed E-state index contributed by atoms with van der Waals surface area (Å²) in [5.41, 5.74) is 4.66. The van der Waals surface area contributed by atoms with Crippen molar-refractivity contribution in [2.75, 3.05) is 18.4 Å². The van der Waals surface area contributed by atoms with Crippen LogP contribution < -0.4 is 10.6 Å². The normalized spacial score (nSPS) is 17.5. The lowest BCUT2D eigenvalue weighted by atomic mass is 10.0. The third-order valence-electron chi connectivity index (χ3n) is 5.26. The fourth-order valence-electron chi connectivity index (χ4n) is 3.91. The lowest BCUT2D eigenvalue weighted by molar-refractivity contribution is -0.119. The number of nitrogens with zero attached hydrogens (tertiary/aromatic N) is 2. The van der Waals surface area contributed by atoms with Gasteiger partial charge in [-0.25, -0.2) is 0 Å². The SMILES string of the molecule is CC(=O)NCc1cccc(CN2CCC[C@H](Nc3ccc4[nH]ncc4c3)C2)c1. The largest absolute Gasteiger partial charge is 0.381 e. The number of carbonyl (C=O) groups excluding carboxylic acids is 1. The van der Waals surface area contributed by atoms with Gasteiger partial charge in [0.25, 0.3) is 0 Å². The molecule has 4 rings (SSSR count). The van der Waals surface area contributed by atoms with E-state index in [0.717, 1.165) is 41.8 Å². The van der Waals surface area contributed by atoms with E-state index in [1.807, 2.05) is 6.20 Å². The van der Waals surface area contributed by atoms with E-state index in [-0.39, 0.29) is 5.91 Å². The molecule has 0 aliphatic carbocycles. The van der Waals surface area contributed by atoms with Gasteiger partial charge in [-0.3, -0.25) is 14.8 Å². The average molecular weight is 377 g/mol. The van der Waals surface area contributed by atoms with Gasteiger partial charge in [0.2, 0.25) is 5.91 Å². The summed E-state index contributed by atoms with van der Waals surface area (Å²) in [6, 6.07) is 15.3. The molecule has 1 aliphatic rings. The van der Waals surface area contributed by atoms with Gasteiger partial charge in [-0.1, -0.05) is 24.3 Å². The number of H-pyrrole nitrogens is 1. The minimum atomic E-state index is 0.00366. The summed E-state index contributed by atoms with van der Waals surface area (Å²) in [7, 11) is 0. The van der Waals surface area contributed by atoms with Gasteiger partial charge >= 0.3 is 0 Å². The van der Waals surface area contributed by atoms with E-state index in [1.54, 1.807) is 6.92 Å². The minimum Gasteiger partial charge on any atom is -0.381 e. The van der Waals surface area contributed by atoms with Gasteiger partial charge in [0.05, 0.1) is 11.7 Å². The highest BCUT2D eigenvalue weighted by Gasteiger charge is 2.20. The fraction of sp³-hybridized carbons (Fsp3) is 0.364. The van der Waals surface area contributed by atoms with Gasteiger partial charge in [-0.15, -0.1) is 0 Å². The number of amides is 1. The molecule has 28 heavy (non-hydrogen) atoms. The molecule has 1 fully saturated rings. The highest BCUT2D eigenvalue weighted by molar-refractivity contribution is 5.81. The second-order valence-corrected chi connectivity index (χ2v) is 7.62. The molecule has 6 heteroatoms. The van der Waals surface area contributed by atoms with Gasteiger partial charge in [-0.2, -0.15) is 5.10 Å². The van der Waals surface area contributed by atoms with Crippen molar-refractivity contribution < 1.29 is 4.79 Å². The van der Waals surface area contributed by atoms with Crippen LogP contribution in [0.25, 0.3) is 10.9 Å². The summed E-state index contributed by atoms with van der Waals surface area (Å²) < 4.78 is 0. The summed E-state index contributed by atoms with van der Waals surface area (Å²) in [5.74, 6) is 0.00366. The van der Waals surface area contributed by atoms with Crippen molar-refractivity contribution in [1.82, 2.24) is 20.4 Å². The molecule has 0 radical (unpaired) electrons. The van der Waals surface area contributed by atoms with Crippen LogP contribution in [0.2, 0.25) is 0 Å². The third kappa shape index (κ3) is 4.70. The molecule has 1 saturated heterocycles. The first-order valence-corrected chi connectivity index (χ1v) is 9.90. The Morgan fingerprint density at radius 3 is 3.04 bits per heavy atom. The highest BCUT2D eigenvalue weighted by Crippen LogP contribution is 2.21. The third-order valence-corrected chi connectivity index (χ3v) is 5.26. The van der Waals surface area contributed by atoms with E-state index in [9.17, 15) is 4.79 Å². The molecule has 0 unspecified atom stereocenters. The molecule has 3 N–H and O–H groups in total. The number of anilines is 1. The number of nitrogens with one attached hydrogen (secondary N) is 3. The maximum atomic E-state index is 11.1. The van der Waals surface area contributed by atoms with Crippen LogP contribution in [0.15, 0.2) is 48.7 Å². The molecule has 6 nitrogen and oxygen atoms in total. The van der Waals surface area contributed by atoms with Crippen molar-refractivity contribution in [2.24, 2.45) is 0 Å². The smallest absolute Gasteiger partial charge is 0.217 e. The molecule has 146 valence electrons. The second-order valence-electron chi connectivity index (χ2n) is 7.62. The molecule has 0 saturated carbocycles. The number of carbonyl (C=O) groups is 1. The van der Waals surface area contributed by atoms with Gasteiger partial charge in [0, 0.05) is 43.7 Å². The lowest BCUT2D eigenvalue weighted by Gasteiger charge is -2.33. The minimum absolute atomic E-state index is 0.00366. The van der Waals surface area contributed by atoms with Crippen molar-refractivity contribution in [3.63, 3.8) is 0 Å². The quantitative estimate of drug-likeness (QED) is 0.616. The molecule has 1 aromatic heterocycles. The molecule has 2 heterocycles. The Kier molecular flexibility index (Phi) is 5.58.